The summed E-state index contributed by atoms with van der Waals surface area (Å²) >= 11 is 0. The van der Waals surface area contributed by atoms with E-state index in [1.165, 1.54) is 6.21 Å². The number of ether oxygens (including phenoxy) is 6. The van der Waals surface area contributed by atoms with Crippen molar-refractivity contribution in [3.8, 4) is 11.5 Å². The van der Waals surface area contributed by atoms with Gasteiger partial charge in [-0.1, -0.05) is 31.4 Å². The maximum atomic E-state index is 13.9. The van der Waals surface area contributed by atoms with Crippen LogP contribution < -0.4 is 20.2 Å². The summed E-state index contributed by atoms with van der Waals surface area (Å²) in [4.78, 5) is 55.1. The number of anilines is 1. The average Bonchev–Trinajstić information content (AvgIpc) is 3.85. The van der Waals surface area contributed by atoms with Crippen LogP contribution in [-0.2, 0) is 38.1 Å². The molecule has 1 aromatic heterocycles. The summed E-state index contributed by atoms with van der Waals surface area (Å²) in [5, 5.41) is 9.02. The highest BCUT2D eigenvalue weighted by Crippen LogP contribution is 2.44. The van der Waals surface area contributed by atoms with Gasteiger partial charge in [-0.3, -0.25) is 15.0 Å². The van der Waals surface area contributed by atoms with E-state index in [0.717, 1.165) is 119 Å². The molecule has 15 nitrogen and oxygen atoms in total. The number of nitrogens with one attached hydrogen (secondary N) is 2. The summed E-state index contributed by atoms with van der Waals surface area (Å²) in [6.45, 7) is 8.33. The van der Waals surface area contributed by atoms with Gasteiger partial charge < -0.3 is 38.2 Å². The Morgan fingerprint density at radius 2 is 1.24 bits per heavy atom. The minimum absolute atomic E-state index is 0.0189. The number of rotatable bonds is 21. The standard InChI is InChI=1S/C58H69F3N4O11/c1-36(2)54(66)72-32-30-70-45-21-16-41(17-22-45)39-10-14-43(15-11-39)57(69)76-51-27-20-44-34-47(25-26-48(44)53(51)62-28-29-63-64-35-52-65-49-6-4-5-7-50(49)75-52)74-56(68)42-12-8-38(9-13-42)40-18-23-46(24-19-40)71-31-33-73-55(67)37(3)58(59,60)61/h4-7,20,25-29,34-35,38-43,45-46,62-63H,1,3,8-19,21-24,30-33H2,2H3/b29-28+,64-35+. The number of esters is 4. The molecule has 0 radical (unpaired) electrons. The van der Waals surface area contributed by atoms with E-state index in [2.05, 4.69) is 38.7 Å². The van der Waals surface area contributed by atoms with Crippen LogP contribution in [0.25, 0.3) is 21.9 Å². The number of benzene rings is 3. The average molecular weight is 1060 g/mol. The molecule has 76 heavy (non-hydrogen) atoms. The lowest BCUT2D eigenvalue weighted by Crippen LogP contribution is -2.31. The zero-order valence-electron chi connectivity index (χ0n) is 43.1. The molecule has 8 rings (SSSR count). The minimum atomic E-state index is -4.83. The van der Waals surface area contributed by atoms with Gasteiger partial charge in [-0.15, -0.1) is 0 Å². The number of fused-ring (bicyclic) bond motifs is 2. The molecule has 4 saturated carbocycles. The van der Waals surface area contributed by atoms with Gasteiger partial charge in [0.1, 0.15) is 36.3 Å². The van der Waals surface area contributed by atoms with Crippen LogP contribution in [0, 0.1) is 35.5 Å². The Labute approximate surface area is 441 Å². The van der Waals surface area contributed by atoms with Crippen LogP contribution in [0.1, 0.15) is 116 Å². The first kappa shape index (κ1) is 55.7. The molecule has 0 unspecified atom stereocenters. The zero-order chi connectivity index (χ0) is 53.6. The van der Waals surface area contributed by atoms with Gasteiger partial charge in [0, 0.05) is 23.4 Å². The fourth-order valence-corrected chi connectivity index (χ4v) is 11.3. The normalized spacial score (nSPS) is 24.3. The number of carbonyl (C=O) groups is 4. The second-order valence-electron chi connectivity index (χ2n) is 20.6. The Kier molecular flexibility index (Phi) is 19.4. The van der Waals surface area contributed by atoms with E-state index in [1.54, 1.807) is 31.5 Å². The lowest BCUT2D eigenvalue weighted by molar-refractivity contribution is -0.153. The Morgan fingerprint density at radius 3 is 1.80 bits per heavy atom. The predicted octanol–water partition coefficient (Wildman–Crippen LogP) is 11.8. The van der Waals surface area contributed by atoms with Crippen molar-refractivity contribution in [1.29, 1.82) is 0 Å². The van der Waals surface area contributed by atoms with Crippen LogP contribution in [0.15, 0.2) is 101 Å². The molecular weight excluding hydrogens is 986 g/mol. The van der Waals surface area contributed by atoms with Crippen LogP contribution in [-0.4, -0.2) is 79.9 Å². The van der Waals surface area contributed by atoms with Crippen molar-refractivity contribution >= 4 is 57.7 Å². The molecule has 0 spiro atoms. The Morgan fingerprint density at radius 1 is 0.684 bits per heavy atom. The van der Waals surface area contributed by atoms with Gasteiger partial charge in [0.15, 0.2) is 11.3 Å². The lowest BCUT2D eigenvalue weighted by Gasteiger charge is -2.37. The predicted molar refractivity (Wildman–Crippen MR) is 279 cm³/mol. The highest BCUT2D eigenvalue weighted by atomic mass is 19.4. The molecule has 0 atom stereocenters. The number of nitrogens with zero attached hydrogens (tertiary/aromatic N) is 2. The molecule has 4 aliphatic carbocycles. The molecule has 1 heterocycles. The molecule has 4 aromatic rings. The van der Waals surface area contributed by atoms with E-state index in [9.17, 15) is 32.3 Å². The fraction of sp³-hybridized carbons (Fsp3) is 0.517. The summed E-state index contributed by atoms with van der Waals surface area (Å²) in [5.41, 5.74) is 3.63. The van der Waals surface area contributed by atoms with Crippen molar-refractivity contribution in [2.75, 3.05) is 31.7 Å². The van der Waals surface area contributed by atoms with Crippen molar-refractivity contribution in [1.82, 2.24) is 10.4 Å². The van der Waals surface area contributed by atoms with Crippen molar-refractivity contribution in [2.45, 2.75) is 128 Å². The monoisotopic (exact) mass is 1050 g/mol. The van der Waals surface area contributed by atoms with E-state index in [4.69, 9.17) is 28.1 Å². The van der Waals surface area contributed by atoms with E-state index in [0.29, 0.717) is 64.5 Å². The smallest absolute Gasteiger partial charge is 0.422 e. The third-order valence-electron chi connectivity index (χ3n) is 15.6. The molecule has 0 aliphatic heterocycles. The van der Waals surface area contributed by atoms with Crippen LogP contribution >= 0.6 is 0 Å². The number of halogens is 3. The summed E-state index contributed by atoms with van der Waals surface area (Å²) in [6, 6.07) is 16.5. The number of hydrazone groups is 1. The van der Waals surface area contributed by atoms with Gasteiger partial charge in [0.2, 0.25) is 5.89 Å². The summed E-state index contributed by atoms with van der Waals surface area (Å²) in [7, 11) is 0. The summed E-state index contributed by atoms with van der Waals surface area (Å²) in [6.07, 6.45) is 14.3. The number of hydrogen-bond donors (Lipinski definition) is 2. The van der Waals surface area contributed by atoms with Gasteiger partial charge in [-0.2, -0.15) is 18.3 Å². The quantitative estimate of drug-likeness (QED) is 0.0200. The molecule has 3 aromatic carbocycles. The van der Waals surface area contributed by atoms with E-state index in [-0.39, 0.29) is 55.8 Å². The van der Waals surface area contributed by atoms with Crippen LogP contribution in [0.5, 0.6) is 11.5 Å². The lowest BCUT2D eigenvalue weighted by atomic mass is 9.70. The van der Waals surface area contributed by atoms with Gasteiger partial charge in [-0.05, 0) is 175 Å². The number of hydrogen-bond acceptors (Lipinski definition) is 15. The number of carbonyl (C=O) groups excluding carboxylic acids is 4. The number of para-hydroxylation sites is 2. The fourth-order valence-electron chi connectivity index (χ4n) is 11.3. The first-order valence-corrected chi connectivity index (χ1v) is 26.7. The Balaban J connectivity index is 0.823. The first-order valence-electron chi connectivity index (χ1n) is 26.7. The highest BCUT2D eigenvalue weighted by molar-refractivity contribution is 5.99. The second-order valence-corrected chi connectivity index (χ2v) is 20.6. The molecular formula is C58H69F3N4O11. The Bertz CT molecular complexity index is 2690. The van der Waals surface area contributed by atoms with Crippen LogP contribution in [0.3, 0.4) is 0 Å². The van der Waals surface area contributed by atoms with E-state index in [1.807, 2.05) is 42.5 Å². The number of alkyl halides is 3. The molecule has 0 saturated heterocycles. The topological polar surface area (TPSA) is 186 Å². The molecule has 0 amide bonds. The molecule has 408 valence electrons. The summed E-state index contributed by atoms with van der Waals surface area (Å²) in [5.74, 6) is 0.346. The number of aromatic nitrogens is 1. The van der Waals surface area contributed by atoms with Crippen LogP contribution in [0.2, 0.25) is 0 Å². The third-order valence-corrected chi connectivity index (χ3v) is 15.6. The molecule has 18 heteroatoms. The molecule has 4 aliphatic rings. The van der Waals surface area contributed by atoms with Crippen molar-refractivity contribution < 1.29 is 65.2 Å². The van der Waals surface area contributed by atoms with Gasteiger partial charge in [-0.25, -0.2) is 14.6 Å². The third kappa shape index (κ3) is 15.3. The maximum absolute atomic E-state index is 13.9. The van der Waals surface area contributed by atoms with Gasteiger partial charge in [0.05, 0.1) is 42.9 Å². The van der Waals surface area contributed by atoms with Crippen molar-refractivity contribution in [2.24, 2.45) is 40.6 Å². The molecule has 2 N–H and O–H groups in total. The van der Waals surface area contributed by atoms with E-state index >= 15 is 0 Å². The van der Waals surface area contributed by atoms with Crippen LogP contribution in [0.4, 0.5) is 18.9 Å². The second kappa shape index (κ2) is 26.5. The van der Waals surface area contributed by atoms with Gasteiger partial charge >= 0.3 is 30.1 Å². The maximum Gasteiger partial charge on any atom is 0.422 e. The van der Waals surface area contributed by atoms with E-state index < -0.39 is 23.7 Å². The SMILES string of the molecule is C=C(C)C(=O)OCCOC1CCC(C2CCC(C(=O)Oc3ccc4cc(OC(=O)C5CCC(C6CCC(OCCOC(=O)C(=C)C(F)(F)F)CC6)CC5)ccc4c3N/C=C/N/N=C/c3nc4ccccc4o3)CC2)CC1. The highest BCUT2D eigenvalue weighted by Gasteiger charge is 2.39. The minimum Gasteiger partial charge on any atom is -0.460 e. The van der Waals surface area contributed by atoms with Gasteiger partial charge in [0.25, 0.3) is 0 Å². The number of oxazole rings is 1. The first-order chi connectivity index (χ1) is 36.7. The summed E-state index contributed by atoms with van der Waals surface area (Å²) < 4.78 is 77.6. The Hall–Kier alpha value is -6.53. The van der Waals surface area contributed by atoms with Crippen molar-refractivity contribution in [3.63, 3.8) is 0 Å². The largest absolute Gasteiger partial charge is 0.460 e. The van der Waals surface area contributed by atoms with Crippen molar-refractivity contribution in [3.05, 3.63) is 97.2 Å². The zero-order valence-corrected chi connectivity index (χ0v) is 43.1. The molecule has 0 bridgehead atoms. The molecule has 4 fully saturated rings.